The van der Waals surface area contributed by atoms with Gasteiger partial charge in [0.05, 0.1) is 0 Å². The molecule has 3 rings (SSSR count). The van der Waals surface area contributed by atoms with Gasteiger partial charge in [0.2, 0.25) is 0 Å². The lowest BCUT2D eigenvalue weighted by atomic mass is 9.98. The van der Waals surface area contributed by atoms with E-state index >= 15 is 0 Å². The first kappa shape index (κ1) is 10.4. The number of nitrogens with zero attached hydrogens (tertiary/aromatic N) is 1. The van der Waals surface area contributed by atoms with Crippen LogP contribution in [0, 0.1) is 0 Å². The van der Waals surface area contributed by atoms with Crippen LogP contribution in [0.4, 0.5) is 0 Å². The van der Waals surface area contributed by atoms with Crippen molar-refractivity contribution in [1.29, 1.82) is 0 Å². The van der Waals surface area contributed by atoms with E-state index in [1.807, 2.05) is 0 Å². The highest BCUT2D eigenvalue weighted by Crippen LogP contribution is 2.33. The number of fused-ring (bicyclic) bond motifs is 1. The van der Waals surface area contributed by atoms with Gasteiger partial charge in [-0.1, -0.05) is 15.9 Å². The van der Waals surface area contributed by atoms with Gasteiger partial charge in [0.1, 0.15) is 0 Å². The molecule has 0 amide bonds. The minimum atomic E-state index is 0.688. The molecule has 0 bridgehead atoms. The number of H-pyrrole nitrogens is 1. The zero-order valence-electron chi connectivity index (χ0n) is 9.33. The van der Waals surface area contributed by atoms with Gasteiger partial charge >= 0.3 is 0 Å². The van der Waals surface area contributed by atoms with Crippen LogP contribution in [0.25, 0.3) is 10.9 Å². The minimum Gasteiger partial charge on any atom is -0.361 e. The molecule has 1 saturated heterocycles. The molecule has 2 heterocycles. The maximum atomic E-state index is 3.55. The molecule has 0 saturated carbocycles. The average molecular weight is 279 g/mol. The van der Waals surface area contributed by atoms with E-state index in [-0.39, 0.29) is 0 Å². The lowest BCUT2D eigenvalue weighted by molar-refractivity contribution is 0.412. The lowest BCUT2D eigenvalue weighted by Gasteiger charge is -2.09. The molecular formula is C13H15BrN2. The normalized spacial score (nSPS) is 22.0. The number of nitrogens with one attached hydrogen (secondary N) is 1. The van der Waals surface area contributed by atoms with Gasteiger partial charge in [-0.3, -0.25) is 0 Å². The Labute approximate surface area is 104 Å². The Balaban J connectivity index is 2.06. The van der Waals surface area contributed by atoms with Crippen LogP contribution < -0.4 is 0 Å². The van der Waals surface area contributed by atoms with Crippen LogP contribution in [0.3, 0.4) is 0 Å². The van der Waals surface area contributed by atoms with Crippen LogP contribution in [0.15, 0.2) is 28.9 Å². The summed E-state index contributed by atoms with van der Waals surface area (Å²) in [6.45, 7) is 2.39. The summed E-state index contributed by atoms with van der Waals surface area (Å²) in [4.78, 5) is 5.77. The van der Waals surface area contributed by atoms with Gasteiger partial charge < -0.3 is 9.88 Å². The lowest BCUT2D eigenvalue weighted by Crippen LogP contribution is -2.13. The van der Waals surface area contributed by atoms with Gasteiger partial charge in [0.15, 0.2) is 0 Å². The fourth-order valence-corrected chi connectivity index (χ4v) is 3.00. The molecule has 3 heteroatoms. The first-order chi connectivity index (χ1) is 7.74. The zero-order valence-corrected chi connectivity index (χ0v) is 10.9. The fraction of sp³-hybridized carbons (Fsp3) is 0.385. The monoisotopic (exact) mass is 278 g/mol. The second kappa shape index (κ2) is 3.90. The SMILES string of the molecule is CN1CC[C@@H](c2c[nH]c3ccc(Br)cc23)C1. The summed E-state index contributed by atoms with van der Waals surface area (Å²) >= 11 is 3.55. The molecule has 84 valence electrons. The molecule has 0 spiro atoms. The molecule has 2 aromatic rings. The number of rotatable bonds is 1. The molecule has 1 aliphatic heterocycles. The second-order valence-electron chi connectivity index (χ2n) is 4.68. The van der Waals surface area contributed by atoms with E-state index in [1.54, 1.807) is 0 Å². The van der Waals surface area contributed by atoms with Gasteiger partial charge in [-0.25, -0.2) is 0 Å². The van der Waals surface area contributed by atoms with Crippen LogP contribution in [0.2, 0.25) is 0 Å². The molecule has 16 heavy (non-hydrogen) atoms. The average Bonchev–Trinajstić information content (AvgIpc) is 2.83. The standard InChI is InChI=1S/C13H15BrN2/c1-16-5-4-9(8-16)12-7-15-13-3-2-10(14)6-11(12)13/h2-3,6-7,9,15H,4-5,8H2,1H3/t9-/m1/s1. The number of hydrogen-bond donors (Lipinski definition) is 1. The van der Waals surface area contributed by atoms with Crippen LogP contribution in [-0.4, -0.2) is 30.0 Å². The predicted molar refractivity (Wildman–Crippen MR) is 70.9 cm³/mol. The van der Waals surface area contributed by atoms with E-state index in [0.29, 0.717) is 5.92 Å². The van der Waals surface area contributed by atoms with E-state index < -0.39 is 0 Å². The highest BCUT2D eigenvalue weighted by Gasteiger charge is 2.23. The number of hydrogen-bond acceptors (Lipinski definition) is 1. The third-order valence-electron chi connectivity index (χ3n) is 3.51. The zero-order chi connectivity index (χ0) is 11.1. The largest absolute Gasteiger partial charge is 0.361 e. The third-order valence-corrected chi connectivity index (χ3v) is 4.00. The highest BCUT2D eigenvalue weighted by atomic mass is 79.9. The summed E-state index contributed by atoms with van der Waals surface area (Å²) in [5, 5.41) is 1.37. The van der Waals surface area contributed by atoms with Crippen LogP contribution in [0.1, 0.15) is 17.9 Å². The number of likely N-dealkylation sites (N-methyl/N-ethyl adjacent to an activating group) is 1. The Morgan fingerprint density at radius 2 is 2.31 bits per heavy atom. The Bertz CT molecular complexity index is 518. The van der Waals surface area contributed by atoms with Crippen LogP contribution >= 0.6 is 15.9 Å². The van der Waals surface area contributed by atoms with Crippen molar-refractivity contribution in [2.24, 2.45) is 0 Å². The Morgan fingerprint density at radius 1 is 1.44 bits per heavy atom. The van der Waals surface area contributed by atoms with Crippen molar-refractivity contribution in [3.8, 4) is 0 Å². The minimum absolute atomic E-state index is 0.688. The van der Waals surface area contributed by atoms with E-state index in [4.69, 9.17) is 0 Å². The molecule has 0 unspecified atom stereocenters. The maximum Gasteiger partial charge on any atom is 0.0457 e. The van der Waals surface area contributed by atoms with Crippen LogP contribution in [0.5, 0.6) is 0 Å². The Kier molecular flexibility index (Phi) is 2.52. The summed E-state index contributed by atoms with van der Waals surface area (Å²) in [6.07, 6.45) is 3.46. The summed E-state index contributed by atoms with van der Waals surface area (Å²) in [5.74, 6) is 0.688. The fourth-order valence-electron chi connectivity index (χ4n) is 2.64. The molecular weight excluding hydrogens is 264 g/mol. The van der Waals surface area contributed by atoms with Crippen molar-refractivity contribution in [2.75, 3.05) is 20.1 Å². The molecule has 1 aromatic carbocycles. The molecule has 1 aromatic heterocycles. The van der Waals surface area contributed by atoms with Gasteiger partial charge in [-0.05, 0) is 49.7 Å². The van der Waals surface area contributed by atoms with Gasteiger partial charge in [0.25, 0.3) is 0 Å². The van der Waals surface area contributed by atoms with Crippen molar-refractivity contribution in [1.82, 2.24) is 9.88 Å². The maximum absolute atomic E-state index is 3.55. The topological polar surface area (TPSA) is 19.0 Å². The molecule has 0 aliphatic carbocycles. The molecule has 1 aliphatic rings. The quantitative estimate of drug-likeness (QED) is 0.848. The number of likely N-dealkylation sites (tertiary alicyclic amines) is 1. The summed E-state index contributed by atoms with van der Waals surface area (Å²) < 4.78 is 1.16. The number of halogens is 1. The molecule has 0 radical (unpaired) electrons. The smallest absolute Gasteiger partial charge is 0.0457 e. The summed E-state index contributed by atoms with van der Waals surface area (Å²) in [5.41, 5.74) is 2.72. The van der Waals surface area contributed by atoms with Crippen molar-refractivity contribution in [3.05, 3.63) is 34.4 Å². The third kappa shape index (κ3) is 1.68. The van der Waals surface area contributed by atoms with Crippen molar-refractivity contribution < 1.29 is 0 Å². The van der Waals surface area contributed by atoms with E-state index in [0.717, 1.165) is 4.47 Å². The van der Waals surface area contributed by atoms with E-state index in [9.17, 15) is 0 Å². The molecule has 2 nitrogen and oxygen atoms in total. The van der Waals surface area contributed by atoms with E-state index in [2.05, 4.69) is 57.3 Å². The van der Waals surface area contributed by atoms with Crippen molar-refractivity contribution >= 4 is 26.8 Å². The van der Waals surface area contributed by atoms with Gasteiger partial charge in [-0.2, -0.15) is 0 Å². The highest BCUT2D eigenvalue weighted by molar-refractivity contribution is 9.10. The molecule has 1 N–H and O–H groups in total. The van der Waals surface area contributed by atoms with Gasteiger partial charge in [-0.15, -0.1) is 0 Å². The Hall–Kier alpha value is -0.800. The number of aromatic amines is 1. The predicted octanol–water partition coefficient (Wildman–Crippen LogP) is 3.35. The van der Waals surface area contributed by atoms with Crippen molar-refractivity contribution in [2.45, 2.75) is 12.3 Å². The van der Waals surface area contributed by atoms with E-state index in [1.165, 1.54) is 36.0 Å². The van der Waals surface area contributed by atoms with Crippen LogP contribution in [-0.2, 0) is 0 Å². The first-order valence-electron chi connectivity index (χ1n) is 5.69. The number of aromatic nitrogens is 1. The summed E-state index contributed by atoms with van der Waals surface area (Å²) in [7, 11) is 2.20. The number of benzene rings is 1. The van der Waals surface area contributed by atoms with Crippen molar-refractivity contribution in [3.63, 3.8) is 0 Å². The first-order valence-corrected chi connectivity index (χ1v) is 6.48. The Morgan fingerprint density at radius 3 is 3.06 bits per heavy atom. The summed E-state index contributed by atoms with van der Waals surface area (Å²) in [6, 6.07) is 6.45. The van der Waals surface area contributed by atoms with Gasteiger partial charge in [0, 0.05) is 28.1 Å². The molecule has 1 fully saturated rings. The second-order valence-corrected chi connectivity index (χ2v) is 5.60. The molecule has 1 atom stereocenters.